The lowest BCUT2D eigenvalue weighted by molar-refractivity contribution is 0.777. The second-order valence-electron chi connectivity index (χ2n) is 16.7. The van der Waals surface area contributed by atoms with E-state index < -0.39 is 0 Å². The summed E-state index contributed by atoms with van der Waals surface area (Å²) in [5, 5.41) is 57.6. The Morgan fingerprint density at radius 3 is 0.409 bits per heavy atom. The van der Waals surface area contributed by atoms with Crippen molar-refractivity contribution < 1.29 is 0 Å². The molecule has 318 valence electrons. The van der Waals surface area contributed by atoms with Crippen molar-refractivity contribution in [1.82, 2.24) is 0 Å². The molecule has 0 saturated carbocycles. The molecule has 0 N–H and O–H groups in total. The largest absolute Gasteiger partial charge is 0.192 e. The molecule has 0 aromatic heterocycles. The number of benzene rings is 7. The molecule has 0 radical (unpaired) electrons. The number of aryl methyl sites for hydroxylation is 6. The molecule has 0 saturated heterocycles. The van der Waals surface area contributed by atoms with Crippen LogP contribution in [-0.2, 0) is 77.0 Å². The van der Waals surface area contributed by atoms with Crippen molar-refractivity contribution in [2.45, 2.75) is 77.0 Å². The summed E-state index contributed by atoms with van der Waals surface area (Å²) >= 11 is 0. The minimum Gasteiger partial charge on any atom is -0.192 e. The summed E-state index contributed by atoms with van der Waals surface area (Å²) in [6, 6.07) is 61.1. The van der Waals surface area contributed by atoms with Crippen LogP contribution >= 0.6 is 0 Å². The highest BCUT2D eigenvalue weighted by molar-refractivity contribution is 5.55. The summed E-state index contributed by atoms with van der Waals surface area (Å²) in [6.07, 6.45) is 9.47. The average Bonchev–Trinajstić information content (AvgIpc) is 3.38. The number of hydrogen-bond acceptors (Lipinski definition) is 6. The lowest BCUT2D eigenvalue weighted by Crippen LogP contribution is -2.18. The standard InChI is InChI=1S/C60H48N6/c61-37-49-13-1-43(2-14-49)25-31-55-56(32-26-44-3-15-50(38-62)16-4-44)58(34-28-46-7-19-52(40-64)20-8-46)60(36-30-48-11-23-54(42-66)24-12-48)59(35-29-47-9-21-53(41-65)22-10-47)57(55)33-27-45-5-17-51(39-63)18-6-45/h1-24H,25-36H2. The fourth-order valence-electron chi connectivity index (χ4n) is 9.00. The lowest BCUT2D eigenvalue weighted by Gasteiger charge is -2.28. The fourth-order valence-corrected chi connectivity index (χ4v) is 9.00. The van der Waals surface area contributed by atoms with Crippen molar-refractivity contribution >= 4 is 0 Å². The van der Waals surface area contributed by atoms with E-state index in [1.165, 1.54) is 33.4 Å². The van der Waals surface area contributed by atoms with Gasteiger partial charge in [-0.1, -0.05) is 72.8 Å². The Bertz CT molecular complexity index is 2460. The second-order valence-corrected chi connectivity index (χ2v) is 16.7. The first kappa shape index (κ1) is 45.5. The van der Waals surface area contributed by atoms with Crippen LogP contribution in [0.2, 0.25) is 0 Å². The molecule has 0 aliphatic carbocycles. The maximum Gasteiger partial charge on any atom is 0.0991 e. The summed E-state index contributed by atoms with van der Waals surface area (Å²) in [7, 11) is 0. The van der Waals surface area contributed by atoms with Crippen LogP contribution in [0, 0.1) is 68.0 Å². The van der Waals surface area contributed by atoms with Crippen LogP contribution in [-0.4, -0.2) is 0 Å². The molecule has 0 bridgehead atoms. The van der Waals surface area contributed by atoms with Gasteiger partial charge in [-0.2, -0.15) is 31.6 Å². The van der Waals surface area contributed by atoms with E-state index in [1.807, 2.05) is 72.8 Å². The normalized spacial score (nSPS) is 10.5. The first-order valence-electron chi connectivity index (χ1n) is 22.5. The molecular formula is C60H48N6. The van der Waals surface area contributed by atoms with E-state index in [4.69, 9.17) is 0 Å². The fraction of sp³-hybridized carbons (Fsp3) is 0.200. The molecule has 7 aromatic carbocycles. The SMILES string of the molecule is N#Cc1ccc(CCc2c(CCc3ccc(C#N)cc3)c(CCc3ccc(C#N)cc3)c(CCc3ccc(C#N)cc3)c(CCc3ccc(C#N)cc3)c2CCc2ccc(C#N)cc2)cc1. The Hall–Kier alpha value is -8.52. The van der Waals surface area contributed by atoms with Gasteiger partial charge in [-0.05, 0) is 217 Å². The van der Waals surface area contributed by atoms with E-state index in [1.54, 1.807) is 0 Å². The van der Waals surface area contributed by atoms with Gasteiger partial charge in [-0.25, -0.2) is 0 Å². The van der Waals surface area contributed by atoms with Gasteiger partial charge in [0.05, 0.1) is 69.8 Å². The summed E-state index contributed by atoms with van der Waals surface area (Å²) in [6.45, 7) is 0. The highest BCUT2D eigenvalue weighted by Gasteiger charge is 2.24. The summed E-state index contributed by atoms with van der Waals surface area (Å²) < 4.78 is 0. The van der Waals surface area contributed by atoms with Crippen LogP contribution in [0.1, 0.15) is 100 Å². The predicted octanol–water partition coefficient (Wildman–Crippen LogP) is 11.6. The van der Waals surface area contributed by atoms with Gasteiger partial charge in [0, 0.05) is 0 Å². The third-order valence-electron chi connectivity index (χ3n) is 12.7. The van der Waals surface area contributed by atoms with E-state index in [9.17, 15) is 31.6 Å². The number of nitriles is 6. The van der Waals surface area contributed by atoms with Gasteiger partial charge in [0.1, 0.15) is 0 Å². The first-order valence-corrected chi connectivity index (χ1v) is 22.5. The maximum absolute atomic E-state index is 9.60. The Labute approximate surface area is 389 Å². The Morgan fingerprint density at radius 2 is 0.303 bits per heavy atom. The lowest BCUT2D eigenvalue weighted by atomic mass is 9.76. The summed E-state index contributed by atoms with van der Waals surface area (Å²) in [5.74, 6) is 0. The van der Waals surface area contributed by atoms with Crippen LogP contribution in [0.3, 0.4) is 0 Å². The van der Waals surface area contributed by atoms with Crippen LogP contribution in [0.15, 0.2) is 146 Å². The molecule has 6 nitrogen and oxygen atoms in total. The van der Waals surface area contributed by atoms with Crippen LogP contribution in [0.4, 0.5) is 0 Å². The number of nitrogens with zero attached hydrogens (tertiary/aromatic N) is 6. The average molecular weight is 853 g/mol. The molecule has 0 heterocycles. The monoisotopic (exact) mass is 852 g/mol. The summed E-state index contributed by atoms with van der Waals surface area (Å²) in [4.78, 5) is 0. The highest BCUT2D eigenvalue weighted by atomic mass is 14.3. The topological polar surface area (TPSA) is 143 Å². The molecule has 0 unspecified atom stereocenters. The van der Waals surface area contributed by atoms with Gasteiger partial charge >= 0.3 is 0 Å². The third-order valence-corrected chi connectivity index (χ3v) is 12.7. The van der Waals surface area contributed by atoms with E-state index in [0.29, 0.717) is 33.4 Å². The van der Waals surface area contributed by atoms with Gasteiger partial charge in [-0.15, -0.1) is 0 Å². The predicted molar refractivity (Wildman–Crippen MR) is 258 cm³/mol. The molecule has 6 heteroatoms. The van der Waals surface area contributed by atoms with Crippen molar-refractivity contribution in [2.24, 2.45) is 0 Å². The van der Waals surface area contributed by atoms with Crippen LogP contribution < -0.4 is 0 Å². The van der Waals surface area contributed by atoms with E-state index >= 15 is 0 Å². The molecule has 0 atom stereocenters. The Morgan fingerprint density at radius 1 is 0.182 bits per heavy atom. The van der Waals surface area contributed by atoms with Gasteiger partial charge in [-0.3, -0.25) is 0 Å². The zero-order valence-electron chi connectivity index (χ0n) is 37.0. The van der Waals surface area contributed by atoms with Crippen LogP contribution in [0.5, 0.6) is 0 Å². The molecule has 7 aromatic rings. The molecule has 0 spiro atoms. The Kier molecular flexibility index (Phi) is 15.7. The van der Waals surface area contributed by atoms with Gasteiger partial charge < -0.3 is 0 Å². The zero-order valence-corrected chi connectivity index (χ0v) is 37.0. The van der Waals surface area contributed by atoms with Crippen molar-refractivity contribution in [2.75, 3.05) is 0 Å². The van der Waals surface area contributed by atoms with Crippen molar-refractivity contribution in [3.63, 3.8) is 0 Å². The molecular weight excluding hydrogens is 805 g/mol. The summed E-state index contributed by atoms with van der Waals surface area (Å²) in [5.41, 5.74) is 18.9. The van der Waals surface area contributed by atoms with Crippen molar-refractivity contribution in [1.29, 1.82) is 31.6 Å². The molecule has 0 amide bonds. The number of rotatable bonds is 18. The molecule has 7 rings (SSSR count). The van der Waals surface area contributed by atoms with Gasteiger partial charge in [0.25, 0.3) is 0 Å². The van der Waals surface area contributed by atoms with Crippen molar-refractivity contribution in [3.8, 4) is 36.4 Å². The van der Waals surface area contributed by atoms with Crippen molar-refractivity contribution in [3.05, 3.63) is 246 Å². The highest BCUT2D eigenvalue weighted by Crippen LogP contribution is 2.36. The smallest absolute Gasteiger partial charge is 0.0991 e. The van der Waals surface area contributed by atoms with Gasteiger partial charge in [0.15, 0.2) is 0 Å². The quantitative estimate of drug-likeness (QED) is 0.0841. The second kappa shape index (κ2) is 22.7. The minimum atomic E-state index is 0.631. The maximum atomic E-state index is 9.60. The molecule has 0 aliphatic rings. The first-order chi connectivity index (χ1) is 32.4. The van der Waals surface area contributed by atoms with Gasteiger partial charge in [0.2, 0.25) is 0 Å². The minimum absolute atomic E-state index is 0.631. The van der Waals surface area contributed by atoms with E-state index in [-0.39, 0.29) is 0 Å². The zero-order chi connectivity index (χ0) is 46.1. The third kappa shape index (κ3) is 11.9. The molecule has 0 fully saturated rings. The number of hydrogen-bond donors (Lipinski definition) is 0. The van der Waals surface area contributed by atoms with E-state index in [2.05, 4.69) is 109 Å². The molecule has 66 heavy (non-hydrogen) atoms. The van der Waals surface area contributed by atoms with E-state index in [0.717, 1.165) is 110 Å². The van der Waals surface area contributed by atoms with Crippen LogP contribution in [0.25, 0.3) is 0 Å². The molecule has 0 aliphatic heterocycles. The Balaban J connectivity index is 1.45.